The van der Waals surface area contributed by atoms with Crippen LogP contribution in [0.25, 0.3) is 0 Å². The summed E-state index contributed by atoms with van der Waals surface area (Å²) in [6, 6.07) is 10.1. The van der Waals surface area contributed by atoms with Crippen molar-refractivity contribution in [3.63, 3.8) is 0 Å². The van der Waals surface area contributed by atoms with Crippen LogP contribution in [0, 0.1) is 5.92 Å². The van der Waals surface area contributed by atoms with Gasteiger partial charge >= 0.3 is 6.09 Å². The smallest absolute Gasteiger partial charge is 0.410 e. The van der Waals surface area contributed by atoms with Crippen LogP contribution in [0.5, 0.6) is 0 Å². The summed E-state index contributed by atoms with van der Waals surface area (Å²) in [7, 11) is 1.92. The van der Waals surface area contributed by atoms with E-state index in [1.165, 1.54) is 0 Å². The second-order valence-corrected chi connectivity index (χ2v) is 4.74. The van der Waals surface area contributed by atoms with Crippen molar-refractivity contribution in [1.82, 2.24) is 10.2 Å². The van der Waals surface area contributed by atoms with Crippen molar-refractivity contribution in [2.45, 2.75) is 13.0 Å². The number of ether oxygens (including phenoxy) is 1. The minimum atomic E-state index is -0.210. The molecule has 0 aliphatic carbocycles. The number of hydrogen-bond acceptors (Lipinski definition) is 3. The molecular formula is C14H20N2O2. The second kappa shape index (κ2) is 5.87. The van der Waals surface area contributed by atoms with Gasteiger partial charge in [0, 0.05) is 19.0 Å². The molecule has 1 heterocycles. The molecule has 1 aromatic carbocycles. The van der Waals surface area contributed by atoms with E-state index >= 15 is 0 Å². The van der Waals surface area contributed by atoms with Gasteiger partial charge in [-0.3, -0.25) is 0 Å². The van der Waals surface area contributed by atoms with E-state index in [2.05, 4.69) is 5.32 Å². The van der Waals surface area contributed by atoms with Crippen LogP contribution in [0.4, 0.5) is 4.79 Å². The van der Waals surface area contributed by atoms with Gasteiger partial charge in [0.1, 0.15) is 0 Å². The number of nitrogens with zero attached hydrogens (tertiary/aromatic N) is 1. The molecule has 1 saturated heterocycles. The molecule has 0 spiro atoms. The molecule has 1 aliphatic heterocycles. The van der Waals surface area contributed by atoms with Crippen LogP contribution in [0.3, 0.4) is 0 Å². The molecule has 2 atom stereocenters. The zero-order chi connectivity index (χ0) is 13.0. The van der Waals surface area contributed by atoms with Crippen LogP contribution in [0.15, 0.2) is 30.3 Å². The molecule has 1 amide bonds. The van der Waals surface area contributed by atoms with Crippen LogP contribution in [0.2, 0.25) is 0 Å². The van der Waals surface area contributed by atoms with Gasteiger partial charge in [-0.15, -0.1) is 0 Å². The lowest BCUT2D eigenvalue weighted by Gasteiger charge is -2.36. The van der Waals surface area contributed by atoms with E-state index in [-0.39, 0.29) is 12.1 Å². The van der Waals surface area contributed by atoms with Crippen LogP contribution in [-0.2, 0) is 4.74 Å². The zero-order valence-corrected chi connectivity index (χ0v) is 10.9. The maximum absolute atomic E-state index is 11.8. The minimum absolute atomic E-state index is 0.0540. The van der Waals surface area contributed by atoms with Gasteiger partial charge in [0.05, 0.1) is 12.6 Å². The summed E-state index contributed by atoms with van der Waals surface area (Å²) in [5, 5.41) is 3.13. The molecule has 0 radical (unpaired) electrons. The van der Waals surface area contributed by atoms with E-state index in [0.29, 0.717) is 12.5 Å². The molecule has 0 bridgehead atoms. The molecule has 2 unspecified atom stereocenters. The van der Waals surface area contributed by atoms with Gasteiger partial charge in [-0.25, -0.2) is 4.79 Å². The fourth-order valence-corrected chi connectivity index (χ4v) is 2.32. The van der Waals surface area contributed by atoms with Gasteiger partial charge in [0.25, 0.3) is 0 Å². The van der Waals surface area contributed by atoms with Gasteiger partial charge in [-0.05, 0) is 19.5 Å². The van der Waals surface area contributed by atoms with Crippen molar-refractivity contribution in [3.8, 4) is 0 Å². The predicted octanol–water partition coefficient (Wildman–Crippen LogP) is 2.04. The van der Waals surface area contributed by atoms with Gasteiger partial charge in [-0.1, -0.05) is 30.3 Å². The Morgan fingerprint density at radius 3 is 2.83 bits per heavy atom. The predicted molar refractivity (Wildman–Crippen MR) is 70.3 cm³/mol. The Balaban J connectivity index is 2.08. The van der Waals surface area contributed by atoms with Crippen molar-refractivity contribution in [3.05, 3.63) is 35.9 Å². The van der Waals surface area contributed by atoms with Gasteiger partial charge in [-0.2, -0.15) is 0 Å². The molecule has 98 valence electrons. The number of hydrogen-bond donors (Lipinski definition) is 1. The standard InChI is InChI=1S/C14H20N2O2/c1-11(13-6-4-3-5-7-13)16-9-12(8-15-2)10-18-14(16)17/h3-7,11-12,15H,8-10H2,1-2H3. The van der Waals surface area contributed by atoms with Crippen molar-refractivity contribution >= 4 is 6.09 Å². The third-order valence-electron chi connectivity index (χ3n) is 3.37. The highest BCUT2D eigenvalue weighted by Gasteiger charge is 2.30. The Morgan fingerprint density at radius 1 is 1.44 bits per heavy atom. The van der Waals surface area contributed by atoms with E-state index in [1.807, 2.05) is 44.3 Å². The molecule has 1 fully saturated rings. The Labute approximate surface area is 108 Å². The summed E-state index contributed by atoms with van der Waals surface area (Å²) in [6.45, 7) is 4.16. The highest BCUT2D eigenvalue weighted by molar-refractivity contribution is 5.69. The number of nitrogens with one attached hydrogen (secondary N) is 1. The molecule has 1 aromatic rings. The molecule has 4 heteroatoms. The maximum atomic E-state index is 11.8. The highest BCUT2D eigenvalue weighted by atomic mass is 16.6. The number of cyclic esters (lactones) is 1. The van der Waals surface area contributed by atoms with E-state index in [1.54, 1.807) is 4.90 Å². The van der Waals surface area contributed by atoms with Crippen molar-refractivity contribution in [2.24, 2.45) is 5.92 Å². The van der Waals surface area contributed by atoms with Gasteiger partial charge in [0.2, 0.25) is 0 Å². The van der Waals surface area contributed by atoms with Crippen LogP contribution in [0.1, 0.15) is 18.5 Å². The van der Waals surface area contributed by atoms with E-state index in [4.69, 9.17) is 4.74 Å². The molecule has 4 nitrogen and oxygen atoms in total. The molecule has 1 N–H and O–H groups in total. The lowest BCUT2D eigenvalue weighted by molar-refractivity contribution is 0.0293. The lowest BCUT2D eigenvalue weighted by Crippen LogP contribution is -2.46. The Hall–Kier alpha value is -1.55. The van der Waals surface area contributed by atoms with Crippen molar-refractivity contribution in [1.29, 1.82) is 0 Å². The van der Waals surface area contributed by atoms with Crippen molar-refractivity contribution in [2.75, 3.05) is 26.7 Å². The number of carbonyl (C=O) groups is 1. The zero-order valence-electron chi connectivity index (χ0n) is 10.9. The van der Waals surface area contributed by atoms with Crippen LogP contribution in [-0.4, -0.2) is 37.7 Å². The maximum Gasteiger partial charge on any atom is 0.410 e. The average molecular weight is 248 g/mol. The third-order valence-corrected chi connectivity index (χ3v) is 3.37. The summed E-state index contributed by atoms with van der Waals surface area (Å²) in [5.41, 5.74) is 1.14. The molecular weight excluding hydrogens is 228 g/mol. The summed E-state index contributed by atoms with van der Waals surface area (Å²) < 4.78 is 5.25. The van der Waals surface area contributed by atoms with Gasteiger partial charge < -0.3 is 15.0 Å². The Morgan fingerprint density at radius 2 is 2.17 bits per heavy atom. The highest BCUT2D eigenvalue weighted by Crippen LogP contribution is 2.24. The lowest BCUT2D eigenvalue weighted by atomic mass is 10.0. The van der Waals surface area contributed by atoms with E-state index in [0.717, 1.165) is 18.7 Å². The normalized spacial score (nSPS) is 21.6. The molecule has 18 heavy (non-hydrogen) atoms. The first-order chi connectivity index (χ1) is 8.72. The van der Waals surface area contributed by atoms with Gasteiger partial charge in [0.15, 0.2) is 0 Å². The summed E-state index contributed by atoms with van der Waals surface area (Å²) >= 11 is 0. The largest absolute Gasteiger partial charge is 0.449 e. The summed E-state index contributed by atoms with van der Waals surface area (Å²) in [6.07, 6.45) is -0.210. The van der Waals surface area contributed by atoms with Crippen LogP contribution >= 0.6 is 0 Å². The number of rotatable bonds is 4. The Bertz CT molecular complexity index is 394. The monoisotopic (exact) mass is 248 g/mol. The fraction of sp³-hybridized carbons (Fsp3) is 0.500. The SMILES string of the molecule is CNCC1COC(=O)N(C(C)c2ccccc2)C1. The average Bonchev–Trinajstić information content (AvgIpc) is 2.41. The number of benzene rings is 1. The van der Waals surface area contributed by atoms with E-state index < -0.39 is 0 Å². The number of amides is 1. The topological polar surface area (TPSA) is 41.6 Å². The first-order valence-electron chi connectivity index (χ1n) is 6.35. The molecule has 1 aliphatic rings. The van der Waals surface area contributed by atoms with Crippen molar-refractivity contribution < 1.29 is 9.53 Å². The van der Waals surface area contributed by atoms with Crippen LogP contribution < -0.4 is 5.32 Å². The molecule has 0 aromatic heterocycles. The number of carbonyl (C=O) groups excluding carboxylic acids is 1. The summed E-state index contributed by atoms with van der Waals surface area (Å²) in [4.78, 5) is 13.6. The fourth-order valence-electron chi connectivity index (χ4n) is 2.32. The molecule has 2 rings (SSSR count). The first-order valence-corrected chi connectivity index (χ1v) is 6.35. The van der Waals surface area contributed by atoms with E-state index in [9.17, 15) is 4.79 Å². The second-order valence-electron chi connectivity index (χ2n) is 4.74. The molecule has 0 saturated carbocycles. The Kier molecular flexibility index (Phi) is 4.20. The third kappa shape index (κ3) is 2.82. The minimum Gasteiger partial charge on any atom is -0.449 e. The summed E-state index contributed by atoms with van der Waals surface area (Å²) in [5.74, 6) is 0.360. The quantitative estimate of drug-likeness (QED) is 0.886. The first kappa shape index (κ1) is 12.9.